The van der Waals surface area contributed by atoms with E-state index < -0.39 is 17.7 Å². The average Bonchev–Trinajstić information content (AvgIpc) is 3.12. The molecule has 0 radical (unpaired) electrons. The Morgan fingerprint density at radius 2 is 1.96 bits per heavy atom. The first kappa shape index (κ1) is 19.8. The van der Waals surface area contributed by atoms with Gasteiger partial charge in [0.05, 0.1) is 6.04 Å². The lowest BCUT2D eigenvalue weighted by atomic mass is 10.0. The fourth-order valence-electron chi connectivity index (χ4n) is 2.67. The van der Waals surface area contributed by atoms with Crippen molar-refractivity contribution in [1.82, 2.24) is 25.3 Å². The number of halogens is 2. The fraction of sp³-hybridized carbons (Fsp3) is 0.444. The molecular weight excluding hydrogens is 338 g/mol. The normalized spacial score (nSPS) is 13.1. The summed E-state index contributed by atoms with van der Waals surface area (Å²) in [5, 5.41) is 10.5. The van der Waals surface area contributed by atoms with Gasteiger partial charge in [0.2, 0.25) is 0 Å². The van der Waals surface area contributed by atoms with Crippen LogP contribution in [0.25, 0.3) is 0 Å². The Morgan fingerprint density at radius 3 is 2.54 bits per heavy atom. The number of hydrogen-bond donors (Lipinski definition) is 2. The van der Waals surface area contributed by atoms with Gasteiger partial charge in [0, 0.05) is 44.6 Å². The lowest BCUT2D eigenvalue weighted by molar-refractivity contribution is 0.282. The van der Waals surface area contributed by atoms with Crippen LogP contribution in [0.4, 0.5) is 8.78 Å². The van der Waals surface area contributed by atoms with Gasteiger partial charge in [-0.3, -0.25) is 9.67 Å². The van der Waals surface area contributed by atoms with E-state index in [0.717, 1.165) is 13.0 Å². The number of likely N-dealkylation sites (N-methyl/N-ethyl adjacent to an activating group) is 1. The summed E-state index contributed by atoms with van der Waals surface area (Å²) in [7, 11) is 5.24. The van der Waals surface area contributed by atoms with E-state index in [1.54, 1.807) is 32.2 Å². The van der Waals surface area contributed by atoms with Crippen molar-refractivity contribution >= 4 is 5.96 Å². The smallest absolute Gasteiger partial charge is 0.191 e. The number of nitrogens with zero attached hydrogens (tertiary/aromatic N) is 4. The third kappa shape index (κ3) is 5.52. The lowest BCUT2D eigenvalue weighted by Gasteiger charge is -2.26. The number of aromatic nitrogens is 2. The van der Waals surface area contributed by atoms with Crippen LogP contribution in [-0.4, -0.2) is 54.9 Å². The second kappa shape index (κ2) is 9.86. The zero-order chi connectivity index (χ0) is 18.9. The van der Waals surface area contributed by atoms with Crippen LogP contribution < -0.4 is 10.6 Å². The van der Waals surface area contributed by atoms with Crippen molar-refractivity contribution in [3.05, 3.63) is 53.9 Å². The molecule has 1 aromatic carbocycles. The molecule has 1 unspecified atom stereocenters. The van der Waals surface area contributed by atoms with Gasteiger partial charge in [0.25, 0.3) is 0 Å². The molecule has 8 heteroatoms. The molecular formula is C18H26F2N6. The fourth-order valence-corrected chi connectivity index (χ4v) is 2.67. The summed E-state index contributed by atoms with van der Waals surface area (Å²) in [6, 6.07) is 5.35. The summed E-state index contributed by atoms with van der Waals surface area (Å²) in [6.07, 6.45) is 4.54. The van der Waals surface area contributed by atoms with Crippen LogP contribution in [0.3, 0.4) is 0 Å². The molecule has 1 aromatic heterocycles. The van der Waals surface area contributed by atoms with E-state index in [-0.39, 0.29) is 5.56 Å². The highest BCUT2D eigenvalue weighted by Crippen LogP contribution is 2.23. The first-order chi connectivity index (χ1) is 12.5. The van der Waals surface area contributed by atoms with Crippen LogP contribution in [0, 0.1) is 11.6 Å². The molecule has 0 aliphatic rings. The number of benzene rings is 1. The number of aryl methyl sites for hydroxylation is 1. The maximum atomic E-state index is 14.1. The Labute approximate surface area is 152 Å². The van der Waals surface area contributed by atoms with Crippen LogP contribution in [-0.2, 0) is 6.54 Å². The Balaban J connectivity index is 1.88. The molecule has 0 aliphatic heterocycles. The standard InChI is InChI=1S/C18H26F2N6/c1-21-18(22-9-5-11-26-12-6-10-24-26)23-13-16(25(2)3)17-14(19)7-4-8-15(17)20/h4,6-8,10,12,16H,5,9,11,13H2,1-3H3,(H2,21,22,23). The predicted molar refractivity (Wildman–Crippen MR) is 99.0 cm³/mol. The van der Waals surface area contributed by atoms with Crippen LogP contribution in [0.2, 0.25) is 0 Å². The first-order valence-electron chi connectivity index (χ1n) is 8.55. The Bertz CT molecular complexity index is 679. The topological polar surface area (TPSA) is 57.5 Å². The summed E-state index contributed by atoms with van der Waals surface area (Å²) in [5.41, 5.74) is 0.0548. The molecule has 1 atom stereocenters. The molecule has 1 heterocycles. The lowest BCUT2D eigenvalue weighted by Crippen LogP contribution is -2.42. The Kier molecular flexibility index (Phi) is 7.53. The van der Waals surface area contributed by atoms with Gasteiger partial charge >= 0.3 is 0 Å². The van der Waals surface area contributed by atoms with Gasteiger partial charge in [-0.1, -0.05) is 6.07 Å². The molecule has 0 saturated heterocycles. The van der Waals surface area contributed by atoms with E-state index in [0.29, 0.717) is 19.0 Å². The van der Waals surface area contributed by atoms with Gasteiger partial charge < -0.3 is 15.5 Å². The van der Waals surface area contributed by atoms with Crippen molar-refractivity contribution in [3.63, 3.8) is 0 Å². The summed E-state index contributed by atoms with van der Waals surface area (Å²) < 4.78 is 30.1. The summed E-state index contributed by atoms with van der Waals surface area (Å²) >= 11 is 0. The molecule has 0 spiro atoms. The molecule has 2 rings (SSSR count). The van der Waals surface area contributed by atoms with E-state index in [1.165, 1.54) is 18.2 Å². The molecule has 2 N–H and O–H groups in total. The van der Waals surface area contributed by atoms with Gasteiger partial charge in [-0.05, 0) is 38.7 Å². The monoisotopic (exact) mass is 364 g/mol. The Morgan fingerprint density at radius 1 is 1.23 bits per heavy atom. The summed E-state index contributed by atoms with van der Waals surface area (Å²) in [5.74, 6) is -0.505. The van der Waals surface area contributed by atoms with Gasteiger partial charge in [-0.25, -0.2) is 8.78 Å². The van der Waals surface area contributed by atoms with Crippen molar-refractivity contribution in [2.45, 2.75) is 19.0 Å². The van der Waals surface area contributed by atoms with Crippen molar-refractivity contribution in [2.24, 2.45) is 4.99 Å². The second-order valence-electron chi connectivity index (χ2n) is 6.12. The minimum atomic E-state index is -0.548. The molecule has 26 heavy (non-hydrogen) atoms. The number of hydrogen-bond acceptors (Lipinski definition) is 3. The van der Waals surface area contributed by atoms with Crippen molar-refractivity contribution < 1.29 is 8.78 Å². The van der Waals surface area contributed by atoms with Crippen molar-refractivity contribution in [2.75, 3.05) is 34.2 Å². The zero-order valence-corrected chi connectivity index (χ0v) is 15.4. The third-order valence-electron chi connectivity index (χ3n) is 4.06. The molecule has 0 bridgehead atoms. The molecule has 2 aromatic rings. The maximum absolute atomic E-state index is 14.1. The van der Waals surface area contributed by atoms with E-state index in [4.69, 9.17) is 0 Å². The molecule has 0 fully saturated rings. The Hall–Kier alpha value is -2.48. The maximum Gasteiger partial charge on any atom is 0.191 e. The summed E-state index contributed by atoms with van der Waals surface area (Å²) in [4.78, 5) is 5.94. The largest absolute Gasteiger partial charge is 0.356 e. The van der Waals surface area contributed by atoms with E-state index in [2.05, 4.69) is 20.7 Å². The molecule has 0 saturated carbocycles. The number of guanidine groups is 1. The minimum Gasteiger partial charge on any atom is -0.356 e. The number of rotatable bonds is 8. The molecule has 0 amide bonds. The molecule has 0 aliphatic carbocycles. The number of aliphatic imine (C=N–C) groups is 1. The van der Waals surface area contributed by atoms with Gasteiger partial charge in [0.15, 0.2) is 5.96 Å². The van der Waals surface area contributed by atoms with Gasteiger partial charge in [0.1, 0.15) is 11.6 Å². The van der Waals surface area contributed by atoms with Crippen LogP contribution in [0.1, 0.15) is 18.0 Å². The van der Waals surface area contributed by atoms with Gasteiger partial charge in [-0.2, -0.15) is 5.10 Å². The third-order valence-corrected chi connectivity index (χ3v) is 4.06. The number of nitrogens with one attached hydrogen (secondary N) is 2. The van der Waals surface area contributed by atoms with E-state index in [9.17, 15) is 8.78 Å². The highest BCUT2D eigenvalue weighted by atomic mass is 19.1. The highest BCUT2D eigenvalue weighted by molar-refractivity contribution is 5.79. The SMILES string of the molecule is CN=C(NCCCn1cccn1)NCC(c1c(F)cccc1F)N(C)C. The highest BCUT2D eigenvalue weighted by Gasteiger charge is 2.22. The molecule has 142 valence electrons. The van der Waals surface area contributed by atoms with Crippen LogP contribution in [0.15, 0.2) is 41.7 Å². The minimum absolute atomic E-state index is 0.0548. The predicted octanol–water partition coefficient (Wildman–Crippen LogP) is 2.02. The zero-order valence-electron chi connectivity index (χ0n) is 15.4. The van der Waals surface area contributed by atoms with E-state index in [1.807, 2.05) is 16.9 Å². The summed E-state index contributed by atoms with van der Waals surface area (Å²) in [6.45, 7) is 1.83. The second-order valence-corrected chi connectivity index (χ2v) is 6.12. The van der Waals surface area contributed by atoms with Crippen LogP contribution in [0.5, 0.6) is 0 Å². The van der Waals surface area contributed by atoms with E-state index >= 15 is 0 Å². The van der Waals surface area contributed by atoms with Crippen molar-refractivity contribution in [3.8, 4) is 0 Å². The first-order valence-corrected chi connectivity index (χ1v) is 8.55. The van der Waals surface area contributed by atoms with Crippen LogP contribution >= 0.6 is 0 Å². The quantitative estimate of drug-likeness (QED) is 0.427. The van der Waals surface area contributed by atoms with Crippen molar-refractivity contribution in [1.29, 1.82) is 0 Å². The average molecular weight is 364 g/mol. The molecule has 6 nitrogen and oxygen atoms in total. The van der Waals surface area contributed by atoms with Gasteiger partial charge in [-0.15, -0.1) is 0 Å².